The van der Waals surface area contributed by atoms with Crippen molar-refractivity contribution >= 4 is 28.6 Å². The van der Waals surface area contributed by atoms with Crippen molar-refractivity contribution in [1.82, 2.24) is 9.55 Å². The summed E-state index contributed by atoms with van der Waals surface area (Å²) in [6.07, 6.45) is 2.12. The lowest BCUT2D eigenvalue weighted by Gasteiger charge is -2.08. The molecule has 1 fully saturated rings. The number of aryl methyl sites for hydroxylation is 2. The second-order valence-corrected chi connectivity index (χ2v) is 8.29. The van der Waals surface area contributed by atoms with E-state index in [2.05, 4.69) is 9.55 Å². The van der Waals surface area contributed by atoms with Gasteiger partial charge in [-0.1, -0.05) is 0 Å². The molecule has 0 spiro atoms. The third-order valence-electron chi connectivity index (χ3n) is 6.04. The highest BCUT2D eigenvalue weighted by Crippen LogP contribution is 2.42. The molecule has 8 heteroatoms. The number of esters is 2. The number of ether oxygens (including phenoxy) is 3. The first-order valence-corrected chi connectivity index (χ1v) is 11.0. The summed E-state index contributed by atoms with van der Waals surface area (Å²) in [6, 6.07) is 5.99. The molecular weight excluding hydrogens is 424 g/mol. The number of fused-ring (bicyclic) bond motifs is 1. The van der Waals surface area contributed by atoms with Gasteiger partial charge < -0.3 is 23.8 Å². The fraction of sp³-hybridized carbons (Fsp3) is 0.400. The molecule has 174 valence electrons. The van der Waals surface area contributed by atoms with Crippen molar-refractivity contribution in [3.05, 3.63) is 52.0 Å². The van der Waals surface area contributed by atoms with Crippen LogP contribution >= 0.6 is 0 Å². The van der Waals surface area contributed by atoms with Crippen molar-refractivity contribution < 1.29 is 28.6 Å². The lowest BCUT2D eigenvalue weighted by Crippen LogP contribution is -2.18. The van der Waals surface area contributed by atoms with Gasteiger partial charge in [0, 0.05) is 34.0 Å². The zero-order valence-corrected chi connectivity index (χ0v) is 19.5. The van der Waals surface area contributed by atoms with Crippen molar-refractivity contribution in [3.63, 3.8) is 0 Å². The van der Waals surface area contributed by atoms with Gasteiger partial charge in [0.05, 0.1) is 30.4 Å². The normalized spacial score (nSPS) is 13.2. The number of nitrogens with zero attached hydrogens (tertiary/aromatic N) is 1. The molecule has 4 rings (SSSR count). The Morgan fingerprint density at radius 1 is 1.00 bits per heavy atom. The van der Waals surface area contributed by atoms with Gasteiger partial charge in [-0.25, -0.2) is 9.59 Å². The molecule has 0 radical (unpaired) electrons. The molecule has 1 saturated carbocycles. The van der Waals surface area contributed by atoms with E-state index in [9.17, 15) is 14.4 Å². The molecule has 0 bridgehead atoms. The van der Waals surface area contributed by atoms with Gasteiger partial charge in [-0.15, -0.1) is 0 Å². The fourth-order valence-electron chi connectivity index (χ4n) is 4.47. The molecule has 8 nitrogen and oxygen atoms in total. The predicted molar refractivity (Wildman–Crippen MR) is 122 cm³/mol. The number of nitrogens with one attached hydrogen (secondary N) is 1. The van der Waals surface area contributed by atoms with Crippen LogP contribution in [0.3, 0.4) is 0 Å². The zero-order valence-electron chi connectivity index (χ0n) is 19.5. The fourth-order valence-corrected chi connectivity index (χ4v) is 4.47. The van der Waals surface area contributed by atoms with E-state index in [1.807, 2.05) is 25.1 Å². The Kier molecular flexibility index (Phi) is 6.01. The summed E-state index contributed by atoms with van der Waals surface area (Å²) < 4.78 is 18.1. The van der Waals surface area contributed by atoms with Crippen molar-refractivity contribution in [2.45, 2.75) is 46.6 Å². The molecule has 0 atom stereocenters. The van der Waals surface area contributed by atoms with Gasteiger partial charge in [-0.3, -0.25) is 4.79 Å². The molecule has 1 aromatic carbocycles. The van der Waals surface area contributed by atoms with Crippen LogP contribution in [0.2, 0.25) is 0 Å². The molecular formula is C25H28N2O6. The summed E-state index contributed by atoms with van der Waals surface area (Å²) in [5.41, 5.74) is 3.61. The standard InChI is InChI=1S/C25H28N2O6/c1-6-32-24(29)22-14(3)26-13(2)21(22)20(28)12-33-25(30)23-15(4)27(16-7-8-16)19-10-9-17(31-5)11-18(19)23/h9-11,16,26H,6-8,12H2,1-5H3. The number of rotatable bonds is 8. The molecule has 0 aliphatic heterocycles. The quantitative estimate of drug-likeness (QED) is 0.400. The number of aromatic amines is 1. The summed E-state index contributed by atoms with van der Waals surface area (Å²) in [4.78, 5) is 41.5. The van der Waals surface area contributed by atoms with Crippen LogP contribution in [0.25, 0.3) is 10.9 Å². The van der Waals surface area contributed by atoms with Crippen LogP contribution in [0.1, 0.15) is 74.0 Å². The molecule has 0 unspecified atom stereocenters. The van der Waals surface area contributed by atoms with E-state index in [1.54, 1.807) is 27.9 Å². The number of hydrogen-bond donors (Lipinski definition) is 1. The van der Waals surface area contributed by atoms with Crippen LogP contribution < -0.4 is 4.74 Å². The maximum Gasteiger partial charge on any atom is 0.341 e. The first-order chi connectivity index (χ1) is 15.8. The molecule has 2 aromatic heterocycles. The largest absolute Gasteiger partial charge is 0.497 e. The van der Waals surface area contributed by atoms with E-state index < -0.39 is 24.3 Å². The van der Waals surface area contributed by atoms with Gasteiger partial charge >= 0.3 is 11.9 Å². The Labute approximate surface area is 191 Å². The summed E-state index contributed by atoms with van der Waals surface area (Å²) in [6.45, 7) is 6.70. The minimum atomic E-state index is -0.582. The number of carbonyl (C=O) groups is 3. The van der Waals surface area contributed by atoms with E-state index in [4.69, 9.17) is 14.2 Å². The zero-order chi connectivity index (χ0) is 23.9. The van der Waals surface area contributed by atoms with Crippen molar-refractivity contribution in [3.8, 4) is 5.75 Å². The third kappa shape index (κ3) is 4.01. The third-order valence-corrected chi connectivity index (χ3v) is 6.04. The molecule has 1 aliphatic rings. The summed E-state index contributed by atoms with van der Waals surface area (Å²) >= 11 is 0. The van der Waals surface area contributed by atoms with Crippen LogP contribution in [-0.4, -0.2) is 47.6 Å². The van der Waals surface area contributed by atoms with Crippen LogP contribution in [-0.2, 0) is 9.47 Å². The second-order valence-electron chi connectivity index (χ2n) is 8.29. The average molecular weight is 453 g/mol. The smallest absolute Gasteiger partial charge is 0.341 e. The SMILES string of the molecule is CCOC(=O)c1c(C)[nH]c(C)c1C(=O)COC(=O)c1c(C)n(C2CC2)c2ccc(OC)cc12. The Morgan fingerprint density at radius 2 is 1.67 bits per heavy atom. The van der Waals surface area contributed by atoms with Gasteiger partial charge in [0.15, 0.2) is 6.61 Å². The van der Waals surface area contributed by atoms with Gasteiger partial charge in [0.25, 0.3) is 0 Å². The van der Waals surface area contributed by atoms with Crippen LogP contribution in [0.5, 0.6) is 5.75 Å². The number of carbonyl (C=O) groups excluding carboxylic acids is 3. The van der Waals surface area contributed by atoms with Gasteiger partial charge in [-0.05, 0) is 58.7 Å². The number of benzene rings is 1. The first-order valence-electron chi connectivity index (χ1n) is 11.0. The number of ketones is 1. The van der Waals surface area contributed by atoms with Gasteiger partial charge in [0.1, 0.15) is 5.75 Å². The first kappa shape index (κ1) is 22.6. The highest BCUT2D eigenvalue weighted by atomic mass is 16.5. The van der Waals surface area contributed by atoms with E-state index in [0.717, 1.165) is 29.4 Å². The van der Waals surface area contributed by atoms with Gasteiger partial charge in [-0.2, -0.15) is 0 Å². The Morgan fingerprint density at radius 3 is 2.30 bits per heavy atom. The number of H-pyrrole nitrogens is 1. The minimum Gasteiger partial charge on any atom is -0.497 e. The van der Waals surface area contributed by atoms with E-state index in [0.29, 0.717) is 28.7 Å². The Hall–Kier alpha value is -3.55. The highest BCUT2D eigenvalue weighted by Gasteiger charge is 2.32. The molecule has 0 saturated heterocycles. The average Bonchev–Trinajstić information content (AvgIpc) is 3.50. The van der Waals surface area contributed by atoms with E-state index >= 15 is 0 Å². The van der Waals surface area contributed by atoms with Gasteiger partial charge in [0.2, 0.25) is 5.78 Å². The summed E-state index contributed by atoms with van der Waals surface area (Å²) in [5, 5.41) is 0.733. The summed E-state index contributed by atoms with van der Waals surface area (Å²) in [7, 11) is 1.57. The van der Waals surface area contributed by atoms with Crippen LogP contribution in [0, 0.1) is 20.8 Å². The second kappa shape index (κ2) is 8.77. The maximum atomic E-state index is 13.2. The molecule has 2 heterocycles. The number of aromatic nitrogens is 2. The van der Waals surface area contributed by atoms with E-state index in [1.165, 1.54) is 0 Å². The van der Waals surface area contributed by atoms with Crippen molar-refractivity contribution in [2.24, 2.45) is 0 Å². The highest BCUT2D eigenvalue weighted by molar-refractivity contribution is 6.10. The molecule has 1 aliphatic carbocycles. The van der Waals surface area contributed by atoms with Crippen molar-refractivity contribution in [2.75, 3.05) is 20.3 Å². The number of methoxy groups -OCH3 is 1. The molecule has 3 aromatic rings. The Balaban J connectivity index is 1.62. The summed E-state index contributed by atoms with van der Waals surface area (Å²) in [5.74, 6) is -0.988. The predicted octanol–water partition coefficient (Wildman–Crippen LogP) is 4.45. The van der Waals surface area contributed by atoms with E-state index in [-0.39, 0.29) is 17.7 Å². The van der Waals surface area contributed by atoms with Crippen LogP contribution in [0.15, 0.2) is 18.2 Å². The molecule has 0 amide bonds. The number of hydrogen-bond acceptors (Lipinski definition) is 6. The lowest BCUT2D eigenvalue weighted by molar-refractivity contribution is 0.0473. The minimum absolute atomic E-state index is 0.182. The topological polar surface area (TPSA) is 99.6 Å². The molecule has 1 N–H and O–H groups in total. The van der Waals surface area contributed by atoms with Crippen molar-refractivity contribution in [1.29, 1.82) is 0 Å². The number of Topliss-reactive ketones (excluding diaryl/α,β-unsaturated/α-hetero) is 1. The molecule has 33 heavy (non-hydrogen) atoms. The maximum absolute atomic E-state index is 13.2. The van der Waals surface area contributed by atoms with Crippen LogP contribution in [0.4, 0.5) is 0 Å². The Bertz CT molecular complexity index is 1260. The monoisotopic (exact) mass is 452 g/mol. The lowest BCUT2D eigenvalue weighted by atomic mass is 10.1.